The first-order valence-electron chi connectivity index (χ1n) is 5.04. The van der Waals surface area contributed by atoms with Gasteiger partial charge in [0.2, 0.25) is 0 Å². The summed E-state index contributed by atoms with van der Waals surface area (Å²) >= 11 is 0. The van der Waals surface area contributed by atoms with Gasteiger partial charge in [-0.1, -0.05) is 0 Å². The molecular formula is C11H13NO6. The van der Waals surface area contributed by atoms with Crippen LogP contribution in [0.15, 0.2) is 12.1 Å². The number of ether oxygens (including phenoxy) is 3. The quantitative estimate of drug-likeness (QED) is 0.438. The lowest BCUT2D eigenvalue weighted by atomic mass is 10.1. The van der Waals surface area contributed by atoms with Crippen LogP contribution in [-0.2, 0) is 9.53 Å². The number of carbonyl (C=O) groups is 1. The van der Waals surface area contributed by atoms with Crippen molar-refractivity contribution in [3.8, 4) is 11.5 Å². The molecule has 0 spiro atoms. The second kappa shape index (κ2) is 5.85. The van der Waals surface area contributed by atoms with Crippen LogP contribution in [0.1, 0.15) is 18.6 Å². The minimum absolute atomic E-state index is 0.193. The molecule has 0 aliphatic carbocycles. The lowest BCUT2D eigenvalue weighted by molar-refractivity contribution is -0.386. The Labute approximate surface area is 103 Å². The van der Waals surface area contributed by atoms with Gasteiger partial charge >= 0.3 is 0 Å². The number of nitro benzene ring substituents is 1. The third kappa shape index (κ3) is 2.68. The van der Waals surface area contributed by atoms with Crippen molar-refractivity contribution < 1.29 is 23.9 Å². The lowest BCUT2D eigenvalue weighted by Gasteiger charge is -2.14. The van der Waals surface area contributed by atoms with Crippen LogP contribution in [0.2, 0.25) is 0 Å². The Bertz CT molecular complexity index is 459. The third-order valence-corrected chi connectivity index (χ3v) is 2.43. The van der Waals surface area contributed by atoms with E-state index in [1.807, 2.05) is 0 Å². The summed E-state index contributed by atoms with van der Waals surface area (Å²) in [5.74, 6) is 0.575. The van der Waals surface area contributed by atoms with Crippen molar-refractivity contribution in [3.05, 3.63) is 27.8 Å². The number of hydrogen-bond donors (Lipinski definition) is 0. The first-order chi connectivity index (χ1) is 8.54. The van der Waals surface area contributed by atoms with Crippen LogP contribution in [0.5, 0.6) is 11.5 Å². The molecule has 0 saturated carbocycles. The van der Waals surface area contributed by atoms with Gasteiger partial charge in [0.1, 0.15) is 6.10 Å². The second-order valence-corrected chi connectivity index (χ2v) is 3.40. The number of nitro groups is 1. The Morgan fingerprint density at radius 3 is 2.28 bits per heavy atom. The van der Waals surface area contributed by atoms with Crippen molar-refractivity contribution in [2.24, 2.45) is 0 Å². The number of methoxy groups -OCH3 is 2. The van der Waals surface area contributed by atoms with Crippen molar-refractivity contribution in [1.29, 1.82) is 0 Å². The van der Waals surface area contributed by atoms with E-state index < -0.39 is 11.0 Å². The topological polar surface area (TPSA) is 87.9 Å². The van der Waals surface area contributed by atoms with Gasteiger partial charge in [-0.2, -0.15) is 0 Å². The summed E-state index contributed by atoms with van der Waals surface area (Å²) in [5.41, 5.74) is 0.0479. The minimum atomic E-state index is -0.747. The van der Waals surface area contributed by atoms with Crippen LogP contribution < -0.4 is 9.47 Å². The van der Waals surface area contributed by atoms with E-state index in [2.05, 4.69) is 0 Å². The van der Waals surface area contributed by atoms with Crippen molar-refractivity contribution in [3.63, 3.8) is 0 Å². The van der Waals surface area contributed by atoms with Crippen LogP contribution in [0.3, 0.4) is 0 Å². The van der Waals surface area contributed by atoms with Crippen LogP contribution in [0.25, 0.3) is 0 Å². The van der Waals surface area contributed by atoms with E-state index in [1.54, 1.807) is 0 Å². The molecule has 0 amide bonds. The van der Waals surface area contributed by atoms with Crippen molar-refractivity contribution in [1.82, 2.24) is 0 Å². The van der Waals surface area contributed by atoms with E-state index in [1.165, 1.54) is 33.3 Å². The fourth-order valence-electron chi connectivity index (χ4n) is 1.52. The van der Waals surface area contributed by atoms with E-state index in [0.717, 1.165) is 0 Å². The molecule has 1 unspecified atom stereocenters. The number of rotatable bonds is 6. The smallest absolute Gasteiger partial charge is 0.293 e. The van der Waals surface area contributed by atoms with Gasteiger partial charge in [0.15, 0.2) is 11.5 Å². The van der Waals surface area contributed by atoms with E-state index in [9.17, 15) is 14.9 Å². The van der Waals surface area contributed by atoms with Crippen molar-refractivity contribution in [2.75, 3.05) is 14.2 Å². The largest absolute Gasteiger partial charge is 0.493 e. The van der Waals surface area contributed by atoms with Crippen LogP contribution in [-0.4, -0.2) is 25.6 Å². The van der Waals surface area contributed by atoms with E-state index in [4.69, 9.17) is 14.2 Å². The summed E-state index contributed by atoms with van der Waals surface area (Å²) in [7, 11) is 2.80. The summed E-state index contributed by atoms with van der Waals surface area (Å²) in [5, 5.41) is 11.0. The predicted octanol–water partition coefficient (Wildman–Crippen LogP) is 1.85. The zero-order valence-corrected chi connectivity index (χ0v) is 10.2. The first-order valence-corrected chi connectivity index (χ1v) is 5.04. The highest BCUT2D eigenvalue weighted by atomic mass is 16.6. The summed E-state index contributed by atoms with van der Waals surface area (Å²) in [6.45, 7) is 1.77. The maximum Gasteiger partial charge on any atom is 0.293 e. The molecule has 0 heterocycles. The van der Waals surface area contributed by atoms with Gasteiger partial charge in [-0.15, -0.1) is 0 Å². The third-order valence-electron chi connectivity index (χ3n) is 2.43. The molecular weight excluding hydrogens is 242 g/mol. The molecule has 0 aliphatic rings. The molecule has 0 saturated heterocycles. The summed E-state index contributed by atoms with van der Waals surface area (Å²) in [6.07, 6.45) is -0.747. The molecule has 1 rings (SSSR count). The van der Waals surface area contributed by atoms with Gasteiger partial charge in [-0.3, -0.25) is 14.9 Å². The minimum Gasteiger partial charge on any atom is -0.493 e. The van der Waals surface area contributed by atoms with Crippen molar-refractivity contribution >= 4 is 12.2 Å². The highest BCUT2D eigenvalue weighted by molar-refractivity contribution is 5.55. The molecule has 18 heavy (non-hydrogen) atoms. The molecule has 0 aromatic heterocycles. The number of nitrogens with zero attached hydrogens (tertiary/aromatic N) is 1. The van der Waals surface area contributed by atoms with E-state index >= 15 is 0 Å². The Hall–Kier alpha value is -2.31. The molecule has 0 radical (unpaired) electrons. The summed E-state index contributed by atoms with van der Waals surface area (Å²) in [4.78, 5) is 20.7. The molecule has 1 aromatic carbocycles. The second-order valence-electron chi connectivity index (χ2n) is 3.40. The van der Waals surface area contributed by atoms with Crippen LogP contribution in [0.4, 0.5) is 5.69 Å². The van der Waals surface area contributed by atoms with Gasteiger partial charge in [0, 0.05) is 0 Å². The lowest BCUT2D eigenvalue weighted by Crippen LogP contribution is -2.04. The predicted molar refractivity (Wildman–Crippen MR) is 61.8 cm³/mol. The maximum atomic E-state index is 11.0. The molecule has 0 N–H and O–H groups in total. The molecule has 98 valence electrons. The molecule has 7 heteroatoms. The number of carbonyl (C=O) groups excluding carboxylic acids is 1. The van der Waals surface area contributed by atoms with Gasteiger partial charge in [-0.05, 0) is 13.0 Å². The Morgan fingerprint density at radius 1 is 1.28 bits per heavy atom. The molecule has 0 bridgehead atoms. The van der Waals surface area contributed by atoms with Gasteiger partial charge < -0.3 is 14.2 Å². The molecule has 0 fully saturated rings. The highest BCUT2D eigenvalue weighted by Crippen LogP contribution is 2.37. The Balaban J connectivity index is 3.37. The summed E-state index contributed by atoms with van der Waals surface area (Å²) < 4.78 is 14.7. The van der Waals surface area contributed by atoms with Gasteiger partial charge in [0.05, 0.1) is 30.8 Å². The Kier molecular flexibility index (Phi) is 4.47. The number of benzene rings is 1. The average molecular weight is 255 g/mol. The molecule has 1 aromatic rings. The number of hydrogen-bond acceptors (Lipinski definition) is 6. The standard InChI is InChI=1S/C11H13NO6/c1-7(18-6-13)8-4-10(16-2)11(17-3)5-9(8)12(14)15/h4-7H,1-3H3. The Morgan fingerprint density at radius 2 is 1.83 bits per heavy atom. The first kappa shape index (κ1) is 13.8. The van der Waals surface area contributed by atoms with E-state index in [0.29, 0.717) is 5.75 Å². The van der Waals surface area contributed by atoms with Gasteiger partial charge in [-0.25, -0.2) is 0 Å². The fourth-order valence-corrected chi connectivity index (χ4v) is 1.52. The highest BCUT2D eigenvalue weighted by Gasteiger charge is 2.24. The summed E-state index contributed by atoms with van der Waals surface area (Å²) in [6, 6.07) is 2.66. The monoisotopic (exact) mass is 255 g/mol. The normalized spacial score (nSPS) is 11.5. The van der Waals surface area contributed by atoms with E-state index in [-0.39, 0.29) is 23.5 Å². The van der Waals surface area contributed by atoms with Crippen LogP contribution in [0, 0.1) is 10.1 Å². The fraction of sp³-hybridized carbons (Fsp3) is 0.364. The zero-order chi connectivity index (χ0) is 13.7. The zero-order valence-electron chi connectivity index (χ0n) is 10.2. The average Bonchev–Trinajstić information content (AvgIpc) is 2.37. The molecule has 0 aliphatic heterocycles. The maximum absolute atomic E-state index is 11.0. The molecule has 7 nitrogen and oxygen atoms in total. The van der Waals surface area contributed by atoms with Gasteiger partial charge in [0.25, 0.3) is 12.2 Å². The van der Waals surface area contributed by atoms with Crippen LogP contribution >= 0.6 is 0 Å². The SMILES string of the molecule is COc1cc(C(C)OC=O)c([N+](=O)[O-])cc1OC. The molecule has 1 atom stereocenters. The van der Waals surface area contributed by atoms with Crippen molar-refractivity contribution in [2.45, 2.75) is 13.0 Å².